The largest absolute Gasteiger partial charge is 0.431 e. The van der Waals surface area contributed by atoms with E-state index in [-0.39, 0.29) is 0 Å². The van der Waals surface area contributed by atoms with E-state index < -0.39 is 35.5 Å². The van der Waals surface area contributed by atoms with Gasteiger partial charge >= 0.3 is 13.2 Å². The highest BCUT2D eigenvalue weighted by molar-refractivity contribution is 7.84. The summed E-state index contributed by atoms with van der Waals surface area (Å²) < 4.78 is 69.6. The average molecular weight is 377 g/mol. The van der Waals surface area contributed by atoms with E-state index >= 15 is 0 Å². The fourth-order valence-corrected chi connectivity index (χ4v) is 2.62. The van der Waals surface area contributed by atoms with Crippen molar-refractivity contribution in [2.75, 3.05) is 18.2 Å². The van der Waals surface area contributed by atoms with Crippen molar-refractivity contribution in [3.63, 3.8) is 0 Å². The zero-order chi connectivity index (χ0) is 18.6. The summed E-state index contributed by atoms with van der Waals surface area (Å²) >= 11 is 0. The van der Waals surface area contributed by atoms with Crippen LogP contribution in [0, 0.1) is 0 Å². The predicted molar refractivity (Wildman–Crippen MR) is 86.5 cm³/mol. The standard InChI is InChI=1S/C16H15F4NO3S/c1-21(10-3-6-12(7-4-10)25(2)22)11-5-8-13(23-15(17)18)14(9-11)24-16(19)20/h3-9,15-16H,1-2H3. The molecule has 0 heterocycles. The number of hydrogen-bond donors (Lipinski definition) is 0. The molecule has 1 atom stereocenters. The van der Waals surface area contributed by atoms with E-state index in [9.17, 15) is 21.8 Å². The van der Waals surface area contributed by atoms with E-state index in [1.54, 1.807) is 42.5 Å². The molecular formula is C16H15F4NO3S. The molecule has 2 rings (SSSR count). The van der Waals surface area contributed by atoms with Crippen LogP contribution in [0.3, 0.4) is 0 Å². The Bertz CT molecular complexity index is 741. The summed E-state index contributed by atoms with van der Waals surface area (Å²) in [7, 11) is 0.536. The molecule has 1 unspecified atom stereocenters. The topological polar surface area (TPSA) is 38.8 Å². The predicted octanol–water partition coefficient (Wildman–Crippen LogP) is 4.39. The zero-order valence-electron chi connectivity index (χ0n) is 13.3. The molecule has 25 heavy (non-hydrogen) atoms. The lowest BCUT2D eigenvalue weighted by molar-refractivity contribution is -0.0691. The number of hydrogen-bond acceptors (Lipinski definition) is 4. The van der Waals surface area contributed by atoms with Crippen LogP contribution in [0.4, 0.5) is 28.9 Å². The summed E-state index contributed by atoms with van der Waals surface area (Å²) in [5.41, 5.74) is 1.10. The number of rotatable bonds is 7. The minimum atomic E-state index is -3.18. The maximum absolute atomic E-state index is 12.5. The Hall–Kier alpha value is -2.29. The van der Waals surface area contributed by atoms with Gasteiger partial charge in [-0.1, -0.05) is 0 Å². The Balaban J connectivity index is 2.32. The second kappa shape index (κ2) is 8.19. The van der Waals surface area contributed by atoms with Crippen molar-refractivity contribution in [1.29, 1.82) is 0 Å². The van der Waals surface area contributed by atoms with Crippen molar-refractivity contribution in [3.05, 3.63) is 42.5 Å². The van der Waals surface area contributed by atoms with Crippen molar-refractivity contribution in [3.8, 4) is 11.5 Å². The van der Waals surface area contributed by atoms with Crippen molar-refractivity contribution < 1.29 is 31.2 Å². The van der Waals surface area contributed by atoms with Gasteiger partial charge in [0, 0.05) is 46.4 Å². The monoisotopic (exact) mass is 377 g/mol. The van der Waals surface area contributed by atoms with E-state index in [1.165, 1.54) is 12.1 Å². The zero-order valence-corrected chi connectivity index (χ0v) is 14.1. The van der Waals surface area contributed by atoms with Gasteiger partial charge in [-0.05, 0) is 36.4 Å². The molecule has 0 aliphatic heterocycles. The Morgan fingerprint density at radius 1 is 0.880 bits per heavy atom. The Labute approximate surface area is 144 Å². The van der Waals surface area contributed by atoms with E-state index in [0.717, 1.165) is 6.07 Å². The van der Waals surface area contributed by atoms with Gasteiger partial charge in [0.25, 0.3) is 0 Å². The molecule has 0 N–H and O–H groups in total. The maximum atomic E-state index is 12.5. The highest BCUT2D eigenvalue weighted by Gasteiger charge is 2.17. The first-order valence-corrected chi connectivity index (χ1v) is 8.54. The van der Waals surface area contributed by atoms with Crippen LogP contribution >= 0.6 is 0 Å². The van der Waals surface area contributed by atoms with Gasteiger partial charge in [-0.3, -0.25) is 4.21 Å². The Morgan fingerprint density at radius 2 is 1.40 bits per heavy atom. The molecule has 0 bridgehead atoms. The third kappa shape index (κ3) is 5.09. The van der Waals surface area contributed by atoms with Crippen molar-refractivity contribution in [1.82, 2.24) is 0 Å². The van der Waals surface area contributed by atoms with Crippen LogP contribution in [0.15, 0.2) is 47.4 Å². The molecule has 0 aromatic heterocycles. The van der Waals surface area contributed by atoms with Crippen molar-refractivity contribution in [2.45, 2.75) is 18.1 Å². The summed E-state index contributed by atoms with van der Waals surface area (Å²) in [6, 6.07) is 10.5. The van der Waals surface area contributed by atoms with E-state index in [4.69, 9.17) is 0 Å². The summed E-state index contributed by atoms with van der Waals surface area (Å²) in [6.45, 7) is -6.34. The fraction of sp³-hybridized carbons (Fsp3) is 0.250. The van der Waals surface area contributed by atoms with Crippen LogP contribution in [0.2, 0.25) is 0 Å². The highest BCUT2D eigenvalue weighted by Crippen LogP contribution is 2.36. The molecule has 2 aromatic rings. The molecule has 0 saturated heterocycles. The number of halogens is 4. The lowest BCUT2D eigenvalue weighted by Gasteiger charge is -2.21. The van der Waals surface area contributed by atoms with Crippen LogP contribution in [0.1, 0.15) is 0 Å². The molecule has 0 fully saturated rings. The fourth-order valence-electron chi connectivity index (χ4n) is 2.10. The molecule has 0 radical (unpaired) electrons. The van der Waals surface area contributed by atoms with Crippen LogP contribution in [-0.2, 0) is 10.8 Å². The molecule has 0 amide bonds. The molecule has 9 heteroatoms. The van der Waals surface area contributed by atoms with Crippen LogP contribution in [0.5, 0.6) is 11.5 Å². The molecule has 2 aromatic carbocycles. The van der Waals surface area contributed by atoms with Crippen molar-refractivity contribution >= 4 is 22.2 Å². The highest BCUT2D eigenvalue weighted by atomic mass is 32.2. The quantitative estimate of drug-likeness (QED) is 0.671. The minimum Gasteiger partial charge on any atom is -0.431 e. The van der Waals surface area contributed by atoms with E-state index in [2.05, 4.69) is 9.47 Å². The number of nitrogens with zero attached hydrogens (tertiary/aromatic N) is 1. The summed E-state index contributed by atoms with van der Waals surface area (Å²) in [6.07, 6.45) is 1.55. The van der Waals surface area contributed by atoms with Crippen LogP contribution in [-0.4, -0.2) is 30.7 Å². The van der Waals surface area contributed by atoms with Gasteiger partial charge in [0.15, 0.2) is 11.5 Å². The Morgan fingerprint density at radius 3 is 1.92 bits per heavy atom. The summed E-state index contributed by atoms with van der Waals surface area (Å²) in [4.78, 5) is 2.27. The van der Waals surface area contributed by atoms with Gasteiger partial charge in [0.2, 0.25) is 0 Å². The minimum absolute atomic E-state index is 0.419. The number of anilines is 2. The molecule has 0 aliphatic rings. The smallest absolute Gasteiger partial charge is 0.387 e. The van der Waals surface area contributed by atoms with Gasteiger partial charge in [-0.25, -0.2) is 0 Å². The molecule has 136 valence electrons. The SMILES string of the molecule is CN(c1ccc(S(C)=O)cc1)c1ccc(OC(F)F)c(OC(F)F)c1. The van der Waals surface area contributed by atoms with E-state index in [1.807, 2.05) is 0 Å². The van der Waals surface area contributed by atoms with Crippen LogP contribution < -0.4 is 14.4 Å². The molecule has 0 saturated carbocycles. The number of alkyl halides is 4. The van der Waals surface area contributed by atoms with E-state index in [0.29, 0.717) is 16.3 Å². The third-order valence-electron chi connectivity index (χ3n) is 3.30. The summed E-state index contributed by atoms with van der Waals surface area (Å²) in [5, 5.41) is 0. The van der Waals surface area contributed by atoms with Gasteiger partial charge in [0.05, 0.1) is 0 Å². The molecule has 0 spiro atoms. The third-order valence-corrected chi connectivity index (χ3v) is 4.24. The molecule has 0 aliphatic carbocycles. The lowest BCUT2D eigenvalue weighted by Crippen LogP contribution is -2.12. The average Bonchev–Trinajstić information content (AvgIpc) is 2.55. The number of benzene rings is 2. The second-order valence-corrected chi connectivity index (χ2v) is 6.27. The molecule has 4 nitrogen and oxygen atoms in total. The first kappa shape index (κ1) is 19.0. The lowest BCUT2D eigenvalue weighted by atomic mass is 10.2. The number of ether oxygens (including phenoxy) is 2. The first-order valence-electron chi connectivity index (χ1n) is 6.99. The summed E-state index contributed by atoms with van der Waals surface area (Å²) in [5.74, 6) is -0.977. The Kier molecular flexibility index (Phi) is 6.24. The van der Waals surface area contributed by atoms with Gasteiger partial charge < -0.3 is 14.4 Å². The van der Waals surface area contributed by atoms with Crippen LogP contribution in [0.25, 0.3) is 0 Å². The van der Waals surface area contributed by atoms with Gasteiger partial charge in [0.1, 0.15) is 0 Å². The second-order valence-electron chi connectivity index (χ2n) is 4.90. The molecular weight excluding hydrogens is 362 g/mol. The maximum Gasteiger partial charge on any atom is 0.387 e. The van der Waals surface area contributed by atoms with Gasteiger partial charge in [-0.2, -0.15) is 17.6 Å². The van der Waals surface area contributed by atoms with Crippen molar-refractivity contribution in [2.24, 2.45) is 0 Å². The normalized spacial score (nSPS) is 12.3. The van der Waals surface area contributed by atoms with Gasteiger partial charge in [-0.15, -0.1) is 0 Å². The first-order chi connectivity index (χ1) is 11.8.